The van der Waals surface area contributed by atoms with Crippen molar-refractivity contribution in [3.8, 4) is 0 Å². The molecule has 3 aromatic rings. The standard InChI is InChI=1S/C24H30N6O2/c1-2-25-24(27-16-21(18-31)20-9-4-3-5-10-20)26-15-19-8-6-11-22(14-19)29-23(32)17-30-13-7-12-28-30/h3-14,21,31H,2,15-18H2,1H3,(H,29,32)(H2,25,26,27). The van der Waals surface area contributed by atoms with Gasteiger partial charge in [0.25, 0.3) is 0 Å². The fourth-order valence-electron chi connectivity index (χ4n) is 3.23. The van der Waals surface area contributed by atoms with Gasteiger partial charge in [-0.05, 0) is 36.2 Å². The summed E-state index contributed by atoms with van der Waals surface area (Å²) in [7, 11) is 0. The van der Waals surface area contributed by atoms with Crippen molar-refractivity contribution in [2.24, 2.45) is 4.99 Å². The molecule has 32 heavy (non-hydrogen) atoms. The third kappa shape index (κ3) is 7.24. The highest BCUT2D eigenvalue weighted by Crippen LogP contribution is 2.14. The van der Waals surface area contributed by atoms with E-state index in [0.29, 0.717) is 19.0 Å². The van der Waals surface area contributed by atoms with Crippen molar-refractivity contribution in [1.82, 2.24) is 20.4 Å². The molecule has 0 radical (unpaired) electrons. The lowest BCUT2D eigenvalue weighted by Crippen LogP contribution is -2.39. The Balaban J connectivity index is 1.58. The van der Waals surface area contributed by atoms with Gasteiger partial charge in [-0.15, -0.1) is 0 Å². The Labute approximate surface area is 188 Å². The minimum atomic E-state index is -0.139. The Morgan fingerprint density at radius 2 is 1.97 bits per heavy atom. The highest BCUT2D eigenvalue weighted by Gasteiger charge is 2.11. The van der Waals surface area contributed by atoms with Crippen LogP contribution in [0.15, 0.2) is 78.0 Å². The summed E-state index contributed by atoms with van der Waals surface area (Å²) < 4.78 is 1.58. The molecule has 8 heteroatoms. The van der Waals surface area contributed by atoms with Crippen LogP contribution in [0.1, 0.15) is 24.0 Å². The van der Waals surface area contributed by atoms with Gasteiger partial charge in [-0.2, -0.15) is 5.10 Å². The summed E-state index contributed by atoms with van der Waals surface area (Å²) in [6.07, 6.45) is 3.39. The number of amides is 1. The second-order valence-corrected chi connectivity index (χ2v) is 7.32. The number of anilines is 1. The zero-order valence-electron chi connectivity index (χ0n) is 18.2. The average Bonchev–Trinajstić information content (AvgIpc) is 3.31. The third-order valence-corrected chi connectivity index (χ3v) is 4.85. The summed E-state index contributed by atoms with van der Waals surface area (Å²) in [5, 5.41) is 23.3. The van der Waals surface area contributed by atoms with Crippen LogP contribution in [-0.2, 0) is 17.9 Å². The van der Waals surface area contributed by atoms with E-state index >= 15 is 0 Å². The molecule has 3 rings (SSSR count). The molecule has 1 aromatic heterocycles. The number of guanidine groups is 1. The molecule has 1 unspecified atom stereocenters. The van der Waals surface area contributed by atoms with E-state index in [2.05, 4.69) is 26.0 Å². The molecule has 0 aliphatic rings. The molecule has 168 valence electrons. The quantitative estimate of drug-likeness (QED) is 0.290. The largest absolute Gasteiger partial charge is 0.396 e. The highest BCUT2D eigenvalue weighted by atomic mass is 16.3. The smallest absolute Gasteiger partial charge is 0.246 e. The molecule has 1 amide bonds. The van der Waals surface area contributed by atoms with Crippen molar-refractivity contribution in [2.45, 2.75) is 25.9 Å². The molecule has 0 fully saturated rings. The molecule has 0 saturated heterocycles. The Bertz CT molecular complexity index is 989. The molecule has 0 aliphatic carbocycles. The normalized spacial score (nSPS) is 12.2. The lowest BCUT2D eigenvalue weighted by atomic mass is 10.0. The molecule has 1 atom stereocenters. The van der Waals surface area contributed by atoms with Gasteiger partial charge in [-0.3, -0.25) is 9.48 Å². The topological polar surface area (TPSA) is 104 Å². The van der Waals surface area contributed by atoms with Crippen LogP contribution in [-0.4, -0.2) is 46.5 Å². The number of nitrogens with zero attached hydrogens (tertiary/aromatic N) is 3. The van der Waals surface area contributed by atoms with Crippen LogP contribution in [0.4, 0.5) is 5.69 Å². The highest BCUT2D eigenvalue weighted by molar-refractivity contribution is 5.90. The first-order chi connectivity index (χ1) is 15.7. The van der Waals surface area contributed by atoms with Gasteiger partial charge >= 0.3 is 0 Å². The number of hydrogen-bond donors (Lipinski definition) is 4. The fourth-order valence-corrected chi connectivity index (χ4v) is 3.23. The second-order valence-electron chi connectivity index (χ2n) is 7.32. The fraction of sp³-hybridized carbons (Fsp3) is 0.292. The Hall–Kier alpha value is -3.65. The van der Waals surface area contributed by atoms with E-state index in [-0.39, 0.29) is 25.0 Å². The summed E-state index contributed by atoms with van der Waals surface area (Å²) >= 11 is 0. The van der Waals surface area contributed by atoms with Crippen LogP contribution >= 0.6 is 0 Å². The monoisotopic (exact) mass is 434 g/mol. The van der Waals surface area contributed by atoms with E-state index in [0.717, 1.165) is 23.4 Å². The number of aliphatic hydroxyl groups excluding tert-OH is 1. The van der Waals surface area contributed by atoms with Crippen LogP contribution in [0.25, 0.3) is 0 Å². The number of aromatic nitrogens is 2. The maximum Gasteiger partial charge on any atom is 0.246 e. The molecule has 0 spiro atoms. The van der Waals surface area contributed by atoms with Gasteiger partial charge in [-0.25, -0.2) is 4.99 Å². The van der Waals surface area contributed by atoms with E-state index in [4.69, 9.17) is 0 Å². The second kappa shape index (κ2) is 12.3. The zero-order chi connectivity index (χ0) is 22.6. The lowest BCUT2D eigenvalue weighted by Gasteiger charge is -2.18. The number of carbonyl (C=O) groups is 1. The zero-order valence-corrected chi connectivity index (χ0v) is 18.2. The average molecular weight is 435 g/mol. The number of rotatable bonds is 10. The maximum absolute atomic E-state index is 12.2. The molecule has 4 N–H and O–H groups in total. The van der Waals surface area contributed by atoms with E-state index < -0.39 is 0 Å². The molecule has 2 aromatic carbocycles. The molecular formula is C24H30N6O2. The van der Waals surface area contributed by atoms with Gasteiger partial charge in [-0.1, -0.05) is 42.5 Å². The van der Waals surface area contributed by atoms with Crippen molar-refractivity contribution in [3.05, 3.63) is 84.2 Å². The first kappa shape index (κ1) is 23.0. The maximum atomic E-state index is 12.2. The number of aliphatic hydroxyl groups is 1. The van der Waals surface area contributed by atoms with Gasteiger partial charge in [0.15, 0.2) is 5.96 Å². The Kier molecular flexibility index (Phi) is 8.82. The summed E-state index contributed by atoms with van der Waals surface area (Å²) in [6, 6.07) is 19.3. The molecular weight excluding hydrogens is 404 g/mol. The van der Waals surface area contributed by atoms with Gasteiger partial charge < -0.3 is 21.1 Å². The number of benzene rings is 2. The molecule has 0 bridgehead atoms. The molecule has 1 heterocycles. The number of hydrogen-bond acceptors (Lipinski definition) is 4. The van der Waals surface area contributed by atoms with Crippen LogP contribution in [0, 0.1) is 0 Å². The third-order valence-electron chi connectivity index (χ3n) is 4.85. The van der Waals surface area contributed by atoms with E-state index in [9.17, 15) is 9.90 Å². The molecule has 0 saturated carbocycles. The SMILES string of the molecule is CCNC(=NCc1cccc(NC(=O)Cn2cccn2)c1)NCC(CO)c1ccccc1. The van der Waals surface area contributed by atoms with Gasteiger partial charge in [0.05, 0.1) is 13.2 Å². The van der Waals surface area contributed by atoms with Gasteiger partial charge in [0.2, 0.25) is 5.91 Å². The summed E-state index contributed by atoms with van der Waals surface area (Å²) in [4.78, 5) is 16.8. The molecule has 0 aliphatic heterocycles. The predicted octanol–water partition coefficient (Wildman–Crippen LogP) is 2.35. The first-order valence-corrected chi connectivity index (χ1v) is 10.7. The lowest BCUT2D eigenvalue weighted by molar-refractivity contribution is -0.116. The summed E-state index contributed by atoms with van der Waals surface area (Å²) in [5.74, 6) is 0.517. The summed E-state index contributed by atoms with van der Waals surface area (Å²) in [5.41, 5.74) is 2.77. The summed E-state index contributed by atoms with van der Waals surface area (Å²) in [6.45, 7) is 3.97. The van der Waals surface area contributed by atoms with E-state index in [1.54, 1.807) is 23.1 Å². The van der Waals surface area contributed by atoms with Crippen LogP contribution in [0.2, 0.25) is 0 Å². The van der Waals surface area contributed by atoms with Crippen molar-refractivity contribution in [1.29, 1.82) is 0 Å². The number of nitrogens with one attached hydrogen (secondary N) is 3. The van der Waals surface area contributed by atoms with Crippen LogP contribution in [0.3, 0.4) is 0 Å². The number of carbonyl (C=O) groups excluding carboxylic acids is 1. The number of aliphatic imine (C=N–C) groups is 1. The van der Waals surface area contributed by atoms with E-state index in [1.165, 1.54) is 0 Å². The minimum absolute atomic E-state index is 0.0200. The van der Waals surface area contributed by atoms with Crippen molar-refractivity contribution >= 4 is 17.6 Å². The Morgan fingerprint density at radius 3 is 2.69 bits per heavy atom. The van der Waals surface area contributed by atoms with Crippen molar-refractivity contribution in [2.75, 3.05) is 25.0 Å². The van der Waals surface area contributed by atoms with Crippen LogP contribution in [0.5, 0.6) is 0 Å². The van der Waals surface area contributed by atoms with Crippen molar-refractivity contribution in [3.63, 3.8) is 0 Å². The van der Waals surface area contributed by atoms with Crippen molar-refractivity contribution < 1.29 is 9.90 Å². The van der Waals surface area contributed by atoms with Gasteiger partial charge in [0, 0.05) is 37.1 Å². The predicted molar refractivity (Wildman–Crippen MR) is 126 cm³/mol. The van der Waals surface area contributed by atoms with Crippen LogP contribution < -0.4 is 16.0 Å². The van der Waals surface area contributed by atoms with E-state index in [1.807, 2.05) is 61.5 Å². The van der Waals surface area contributed by atoms with Gasteiger partial charge in [0.1, 0.15) is 6.54 Å². The Morgan fingerprint density at radius 1 is 1.12 bits per heavy atom. The molecule has 8 nitrogen and oxygen atoms in total. The minimum Gasteiger partial charge on any atom is -0.396 e. The first-order valence-electron chi connectivity index (χ1n) is 10.7.